The van der Waals surface area contributed by atoms with Crippen LogP contribution in [0.2, 0.25) is 0 Å². The van der Waals surface area contributed by atoms with E-state index >= 15 is 0 Å². The van der Waals surface area contributed by atoms with E-state index in [0.717, 1.165) is 17.1 Å². The number of hydrogen-bond acceptors (Lipinski definition) is 3. The number of rotatable bonds is 5. The smallest absolute Gasteiger partial charge is 0.271 e. The molecule has 5 heteroatoms. The third-order valence-corrected chi connectivity index (χ3v) is 3.80. The zero-order valence-electron chi connectivity index (χ0n) is 14.3. The standard InChI is InChI=1S/C20H20N4O/c1-23(2)18-11-6-8-16(14-18)20(25)22-21-15-19-12-7-13-24(19)17-9-4-3-5-10-17/h3-15H,1-2H3,(H,22,25)/b21-15-. The van der Waals surface area contributed by atoms with E-state index in [-0.39, 0.29) is 5.91 Å². The molecule has 1 aromatic heterocycles. The lowest BCUT2D eigenvalue weighted by molar-refractivity contribution is 0.0955. The van der Waals surface area contributed by atoms with Crippen LogP contribution < -0.4 is 10.3 Å². The van der Waals surface area contributed by atoms with Gasteiger partial charge in [0.05, 0.1) is 11.9 Å². The number of nitrogens with zero attached hydrogens (tertiary/aromatic N) is 3. The number of carbonyl (C=O) groups is 1. The van der Waals surface area contributed by atoms with Gasteiger partial charge >= 0.3 is 0 Å². The number of anilines is 1. The lowest BCUT2D eigenvalue weighted by atomic mass is 10.2. The Kier molecular flexibility index (Phi) is 4.95. The molecular weight excluding hydrogens is 312 g/mol. The molecule has 1 heterocycles. The first-order chi connectivity index (χ1) is 12.1. The van der Waals surface area contributed by atoms with Crippen LogP contribution in [0.4, 0.5) is 5.69 Å². The van der Waals surface area contributed by atoms with Crippen molar-refractivity contribution in [3.63, 3.8) is 0 Å². The molecule has 0 radical (unpaired) electrons. The van der Waals surface area contributed by atoms with Gasteiger partial charge in [0.25, 0.3) is 5.91 Å². The average molecular weight is 332 g/mol. The number of benzene rings is 2. The number of para-hydroxylation sites is 1. The first-order valence-electron chi connectivity index (χ1n) is 7.99. The number of hydrazone groups is 1. The van der Waals surface area contributed by atoms with Crippen molar-refractivity contribution in [1.82, 2.24) is 9.99 Å². The summed E-state index contributed by atoms with van der Waals surface area (Å²) in [6.45, 7) is 0. The lowest BCUT2D eigenvalue weighted by Crippen LogP contribution is -2.18. The van der Waals surface area contributed by atoms with Crippen LogP contribution in [-0.2, 0) is 0 Å². The summed E-state index contributed by atoms with van der Waals surface area (Å²) in [5.74, 6) is -0.238. The maximum Gasteiger partial charge on any atom is 0.271 e. The molecule has 3 aromatic rings. The Morgan fingerprint density at radius 2 is 1.84 bits per heavy atom. The van der Waals surface area contributed by atoms with Crippen LogP contribution in [0.15, 0.2) is 78.0 Å². The first-order valence-corrected chi connectivity index (χ1v) is 7.99. The topological polar surface area (TPSA) is 49.6 Å². The van der Waals surface area contributed by atoms with Gasteiger partial charge in [-0.1, -0.05) is 24.3 Å². The van der Waals surface area contributed by atoms with E-state index in [4.69, 9.17) is 0 Å². The molecule has 0 fully saturated rings. The fraction of sp³-hybridized carbons (Fsp3) is 0.100. The fourth-order valence-corrected chi connectivity index (χ4v) is 2.47. The van der Waals surface area contributed by atoms with Crippen LogP contribution in [0.3, 0.4) is 0 Å². The highest BCUT2D eigenvalue weighted by Crippen LogP contribution is 2.13. The molecule has 126 valence electrons. The van der Waals surface area contributed by atoms with Gasteiger partial charge in [-0.05, 0) is 42.5 Å². The molecule has 2 aromatic carbocycles. The van der Waals surface area contributed by atoms with Gasteiger partial charge in [-0.15, -0.1) is 0 Å². The molecule has 0 unspecified atom stereocenters. The van der Waals surface area contributed by atoms with Gasteiger partial charge < -0.3 is 9.47 Å². The molecule has 0 saturated heterocycles. The molecule has 5 nitrogen and oxygen atoms in total. The van der Waals surface area contributed by atoms with E-state index in [1.165, 1.54) is 0 Å². The summed E-state index contributed by atoms with van der Waals surface area (Å²) in [6.07, 6.45) is 3.60. The molecule has 0 bridgehead atoms. The number of aromatic nitrogens is 1. The highest BCUT2D eigenvalue weighted by Gasteiger charge is 2.06. The Hall–Kier alpha value is -3.34. The van der Waals surface area contributed by atoms with Crippen molar-refractivity contribution in [3.05, 3.63) is 84.2 Å². The van der Waals surface area contributed by atoms with Crippen LogP contribution in [0, 0.1) is 0 Å². The molecule has 1 N–H and O–H groups in total. The summed E-state index contributed by atoms with van der Waals surface area (Å²) in [5, 5.41) is 4.09. The molecular formula is C20H20N4O. The summed E-state index contributed by atoms with van der Waals surface area (Å²) in [5.41, 5.74) is 6.04. The lowest BCUT2D eigenvalue weighted by Gasteiger charge is -2.12. The number of hydrogen-bond donors (Lipinski definition) is 1. The molecule has 3 rings (SSSR count). The van der Waals surface area contributed by atoms with Gasteiger partial charge in [0.1, 0.15) is 0 Å². The third-order valence-electron chi connectivity index (χ3n) is 3.80. The Morgan fingerprint density at radius 1 is 1.04 bits per heavy atom. The predicted octanol–water partition coefficient (Wildman–Crippen LogP) is 3.31. The predicted molar refractivity (Wildman–Crippen MR) is 102 cm³/mol. The van der Waals surface area contributed by atoms with Crippen LogP contribution in [0.25, 0.3) is 5.69 Å². The van der Waals surface area contributed by atoms with Gasteiger partial charge in [-0.2, -0.15) is 5.10 Å². The second kappa shape index (κ2) is 7.49. The maximum absolute atomic E-state index is 12.3. The summed E-state index contributed by atoms with van der Waals surface area (Å²) >= 11 is 0. The van der Waals surface area contributed by atoms with Gasteiger partial charge in [0, 0.05) is 37.2 Å². The van der Waals surface area contributed by atoms with Gasteiger partial charge in [-0.25, -0.2) is 5.43 Å². The fourth-order valence-electron chi connectivity index (χ4n) is 2.47. The summed E-state index contributed by atoms with van der Waals surface area (Å²) in [7, 11) is 3.87. The second-order valence-electron chi connectivity index (χ2n) is 5.78. The summed E-state index contributed by atoms with van der Waals surface area (Å²) in [4.78, 5) is 14.2. The summed E-state index contributed by atoms with van der Waals surface area (Å²) < 4.78 is 2.00. The van der Waals surface area contributed by atoms with Crippen molar-refractivity contribution in [2.75, 3.05) is 19.0 Å². The van der Waals surface area contributed by atoms with Crippen LogP contribution in [0.1, 0.15) is 16.1 Å². The Bertz CT molecular complexity index is 881. The quantitative estimate of drug-likeness (QED) is 0.576. The Balaban J connectivity index is 1.71. The SMILES string of the molecule is CN(C)c1cccc(C(=O)N/N=C\c2cccn2-c2ccccc2)c1. The minimum Gasteiger partial charge on any atom is -0.378 e. The monoisotopic (exact) mass is 332 g/mol. The largest absolute Gasteiger partial charge is 0.378 e. The average Bonchev–Trinajstić information content (AvgIpc) is 3.11. The molecule has 0 aliphatic heterocycles. The number of nitrogens with one attached hydrogen (secondary N) is 1. The van der Waals surface area contributed by atoms with E-state index in [1.54, 1.807) is 12.3 Å². The zero-order valence-corrected chi connectivity index (χ0v) is 14.3. The van der Waals surface area contributed by atoms with E-state index in [0.29, 0.717) is 5.56 Å². The maximum atomic E-state index is 12.3. The molecule has 1 amide bonds. The van der Waals surface area contributed by atoms with Gasteiger partial charge in [0.15, 0.2) is 0 Å². The highest BCUT2D eigenvalue weighted by atomic mass is 16.2. The van der Waals surface area contributed by atoms with E-state index in [9.17, 15) is 4.79 Å². The Labute approximate surface area is 147 Å². The first kappa shape index (κ1) is 16.5. The zero-order chi connectivity index (χ0) is 17.6. The molecule has 0 aliphatic carbocycles. The van der Waals surface area contributed by atoms with Crippen molar-refractivity contribution >= 4 is 17.8 Å². The van der Waals surface area contributed by atoms with Crippen molar-refractivity contribution in [2.24, 2.45) is 5.10 Å². The molecule has 0 spiro atoms. The molecule has 0 saturated carbocycles. The second-order valence-corrected chi connectivity index (χ2v) is 5.78. The van der Waals surface area contributed by atoms with Crippen LogP contribution in [0.5, 0.6) is 0 Å². The minimum absolute atomic E-state index is 0.238. The number of carbonyl (C=O) groups excluding carboxylic acids is 1. The van der Waals surface area contributed by atoms with E-state index in [1.807, 2.05) is 90.4 Å². The molecule has 25 heavy (non-hydrogen) atoms. The third kappa shape index (κ3) is 3.95. The van der Waals surface area contributed by atoms with Crippen LogP contribution >= 0.6 is 0 Å². The van der Waals surface area contributed by atoms with Crippen molar-refractivity contribution in [3.8, 4) is 5.69 Å². The summed E-state index contributed by atoms with van der Waals surface area (Å²) in [6, 6.07) is 21.3. The van der Waals surface area contributed by atoms with Crippen LogP contribution in [-0.4, -0.2) is 30.8 Å². The van der Waals surface area contributed by atoms with E-state index < -0.39 is 0 Å². The van der Waals surface area contributed by atoms with Crippen molar-refractivity contribution in [2.45, 2.75) is 0 Å². The van der Waals surface area contributed by atoms with Crippen molar-refractivity contribution < 1.29 is 4.79 Å². The highest BCUT2D eigenvalue weighted by molar-refractivity contribution is 5.95. The van der Waals surface area contributed by atoms with Gasteiger partial charge in [-0.3, -0.25) is 4.79 Å². The van der Waals surface area contributed by atoms with Gasteiger partial charge in [0.2, 0.25) is 0 Å². The van der Waals surface area contributed by atoms with Crippen molar-refractivity contribution in [1.29, 1.82) is 0 Å². The van der Waals surface area contributed by atoms with E-state index in [2.05, 4.69) is 10.5 Å². The normalized spacial score (nSPS) is 10.8. The number of amides is 1. The minimum atomic E-state index is -0.238. The molecule has 0 aliphatic rings. The Morgan fingerprint density at radius 3 is 2.60 bits per heavy atom. The molecule has 0 atom stereocenters.